The highest BCUT2D eigenvalue weighted by molar-refractivity contribution is 5.27. The molecule has 1 aromatic rings. The van der Waals surface area contributed by atoms with Crippen LogP contribution in [-0.4, -0.2) is 11.7 Å². The van der Waals surface area contributed by atoms with Crippen molar-refractivity contribution in [1.82, 2.24) is 10.5 Å². The van der Waals surface area contributed by atoms with Crippen LogP contribution in [0.4, 0.5) is 0 Å². The average Bonchev–Trinajstić information content (AvgIpc) is 2.74. The highest BCUT2D eigenvalue weighted by Gasteiger charge is 2.42. The maximum atomic E-state index is 5.40. The smallest absolute Gasteiger partial charge is 0.148 e. The van der Waals surface area contributed by atoms with Gasteiger partial charge in [0.1, 0.15) is 5.76 Å². The van der Waals surface area contributed by atoms with Gasteiger partial charge in [-0.1, -0.05) is 18.0 Å². The Hall–Kier alpha value is -0.830. The molecule has 0 atom stereocenters. The maximum absolute atomic E-state index is 5.40. The van der Waals surface area contributed by atoms with E-state index in [0.717, 1.165) is 13.1 Å². The Balaban J connectivity index is 2.08. The van der Waals surface area contributed by atoms with Gasteiger partial charge < -0.3 is 9.84 Å². The number of aromatic nitrogens is 1. The molecule has 3 heteroatoms. The standard InChI is InChI=1S/C10H14N2O/c1-2-4-10(3-1)7-11-5-8-6-12-13-9(8)10/h6,11H,1-5,7H2. The molecular weight excluding hydrogens is 164 g/mol. The lowest BCUT2D eigenvalue weighted by atomic mass is 9.79. The van der Waals surface area contributed by atoms with E-state index in [1.54, 1.807) is 0 Å². The molecule has 70 valence electrons. The van der Waals surface area contributed by atoms with E-state index in [4.69, 9.17) is 4.52 Å². The predicted octanol–water partition coefficient (Wildman–Crippen LogP) is 1.59. The summed E-state index contributed by atoms with van der Waals surface area (Å²) < 4.78 is 5.40. The highest BCUT2D eigenvalue weighted by Crippen LogP contribution is 2.43. The van der Waals surface area contributed by atoms with Gasteiger partial charge in [0.25, 0.3) is 0 Å². The van der Waals surface area contributed by atoms with Crippen LogP contribution in [-0.2, 0) is 12.0 Å². The first-order valence-electron chi connectivity index (χ1n) is 5.05. The maximum Gasteiger partial charge on any atom is 0.148 e. The van der Waals surface area contributed by atoms with Crippen LogP contribution < -0.4 is 5.32 Å². The zero-order valence-corrected chi connectivity index (χ0v) is 7.68. The molecule has 1 spiro atoms. The molecule has 1 aliphatic heterocycles. The summed E-state index contributed by atoms with van der Waals surface area (Å²) in [6.45, 7) is 2.01. The van der Waals surface area contributed by atoms with E-state index in [9.17, 15) is 0 Å². The molecule has 0 radical (unpaired) electrons. The van der Waals surface area contributed by atoms with Gasteiger partial charge in [-0.2, -0.15) is 0 Å². The average molecular weight is 178 g/mol. The molecule has 2 heterocycles. The zero-order valence-electron chi connectivity index (χ0n) is 7.68. The molecule has 1 aromatic heterocycles. The third-order valence-electron chi connectivity index (χ3n) is 3.47. The molecule has 1 N–H and O–H groups in total. The summed E-state index contributed by atoms with van der Waals surface area (Å²) in [5, 5.41) is 7.37. The Morgan fingerprint density at radius 2 is 2.23 bits per heavy atom. The zero-order chi connectivity index (χ0) is 8.73. The second kappa shape index (κ2) is 2.58. The molecule has 2 aliphatic rings. The van der Waals surface area contributed by atoms with E-state index in [-0.39, 0.29) is 0 Å². The molecule has 0 bridgehead atoms. The van der Waals surface area contributed by atoms with Crippen molar-refractivity contribution >= 4 is 0 Å². The van der Waals surface area contributed by atoms with Crippen LogP contribution in [0.25, 0.3) is 0 Å². The monoisotopic (exact) mass is 178 g/mol. The summed E-state index contributed by atoms with van der Waals surface area (Å²) in [7, 11) is 0. The van der Waals surface area contributed by atoms with Crippen molar-refractivity contribution < 1.29 is 4.52 Å². The van der Waals surface area contributed by atoms with Crippen molar-refractivity contribution in [2.75, 3.05) is 6.54 Å². The first-order valence-corrected chi connectivity index (χ1v) is 5.05. The third kappa shape index (κ3) is 0.967. The first-order chi connectivity index (χ1) is 6.41. The Morgan fingerprint density at radius 3 is 3.08 bits per heavy atom. The topological polar surface area (TPSA) is 38.1 Å². The van der Waals surface area contributed by atoms with Gasteiger partial charge in [-0.3, -0.25) is 0 Å². The molecule has 1 fully saturated rings. The van der Waals surface area contributed by atoms with Gasteiger partial charge >= 0.3 is 0 Å². The van der Waals surface area contributed by atoms with Gasteiger partial charge in [0, 0.05) is 24.1 Å². The molecule has 0 saturated heterocycles. The molecule has 0 aromatic carbocycles. The molecule has 3 rings (SSSR count). The summed E-state index contributed by atoms with van der Waals surface area (Å²) in [4.78, 5) is 0. The second-order valence-electron chi connectivity index (χ2n) is 4.27. The van der Waals surface area contributed by atoms with E-state index in [2.05, 4.69) is 10.5 Å². The fourth-order valence-corrected chi connectivity index (χ4v) is 2.80. The normalized spacial score (nSPS) is 24.9. The summed E-state index contributed by atoms with van der Waals surface area (Å²) >= 11 is 0. The summed E-state index contributed by atoms with van der Waals surface area (Å²) in [6, 6.07) is 0. The van der Waals surface area contributed by atoms with Crippen LogP contribution in [0.1, 0.15) is 37.0 Å². The second-order valence-corrected chi connectivity index (χ2v) is 4.27. The van der Waals surface area contributed by atoms with Crippen LogP contribution in [0.5, 0.6) is 0 Å². The fourth-order valence-electron chi connectivity index (χ4n) is 2.80. The van der Waals surface area contributed by atoms with Crippen molar-refractivity contribution in [3.63, 3.8) is 0 Å². The molecule has 1 saturated carbocycles. The highest BCUT2D eigenvalue weighted by atomic mass is 16.5. The number of hydrogen-bond acceptors (Lipinski definition) is 3. The van der Waals surface area contributed by atoms with E-state index in [1.165, 1.54) is 37.0 Å². The molecule has 0 amide bonds. The van der Waals surface area contributed by atoms with Gasteiger partial charge in [0.15, 0.2) is 0 Å². The Labute approximate surface area is 77.5 Å². The van der Waals surface area contributed by atoms with Crippen molar-refractivity contribution in [3.05, 3.63) is 17.5 Å². The van der Waals surface area contributed by atoms with Gasteiger partial charge in [0.05, 0.1) is 6.20 Å². The van der Waals surface area contributed by atoms with Crippen LogP contribution >= 0.6 is 0 Å². The van der Waals surface area contributed by atoms with Crippen molar-refractivity contribution in [3.8, 4) is 0 Å². The lowest BCUT2D eigenvalue weighted by molar-refractivity contribution is 0.263. The Bertz CT molecular complexity index is 312. The molecule has 3 nitrogen and oxygen atoms in total. The minimum Gasteiger partial charge on any atom is -0.360 e. The van der Waals surface area contributed by atoms with Crippen LogP contribution in [0.15, 0.2) is 10.7 Å². The number of nitrogens with one attached hydrogen (secondary N) is 1. The van der Waals surface area contributed by atoms with Gasteiger partial charge in [-0.15, -0.1) is 0 Å². The molecule has 0 unspecified atom stereocenters. The van der Waals surface area contributed by atoms with Crippen LogP contribution in [0, 0.1) is 0 Å². The molecule has 1 aliphatic carbocycles. The Kier molecular flexibility index (Phi) is 1.50. The fraction of sp³-hybridized carbons (Fsp3) is 0.700. The van der Waals surface area contributed by atoms with Crippen LogP contribution in [0.2, 0.25) is 0 Å². The van der Waals surface area contributed by atoms with Crippen molar-refractivity contribution in [2.45, 2.75) is 37.6 Å². The molecule has 13 heavy (non-hydrogen) atoms. The minimum absolute atomic E-state index is 0.296. The summed E-state index contributed by atoms with van der Waals surface area (Å²) in [5.74, 6) is 1.17. The van der Waals surface area contributed by atoms with E-state index >= 15 is 0 Å². The largest absolute Gasteiger partial charge is 0.360 e. The van der Waals surface area contributed by atoms with Gasteiger partial charge in [-0.05, 0) is 12.8 Å². The number of rotatable bonds is 0. The van der Waals surface area contributed by atoms with E-state index in [0.29, 0.717) is 5.41 Å². The SMILES string of the molecule is c1noc2c1CNCC21CCCC1. The number of hydrogen-bond donors (Lipinski definition) is 1. The van der Waals surface area contributed by atoms with E-state index < -0.39 is 0 Å². The quantitative estimate of drug-likeness (QED) is 0.655. The first kappa shape index (κ1) is 7.56. The van der Waals surface area contributed by atoms with Crippen molar-refractivity contribution in [1.29, 1.82) is 0 Å². The third-order valence-corrected chi connectivity index (χ3v) is 3.47. The summed E-state index contributed by atoms with van der Waals surface area (Å²) in [6.07, 6.45) is 7.07. The molecular formula is C10H14N2O. The minimum atomic E-state index is 0.296. The van der Waals surface area contributed by atoms with Gasteiger partial charge in [0.2, 0.25) is 0 Å². The van der Waals surface area contributed by atoms with E-state index in [1.807, 2.05) is 6.20 Å². The van der Waals surface area contributed by atoms with Gasteiger partial charge in [-0.25, -0.2) is 0 Å². The lowest BCUT2D eigenvalue weighted by Crippen LogP contribution is -2.40. The van der Waals surface area contributed by atoms with Crippen molar-refractivity contribution in [2.24, 2.45) is 0 Å². The number of fused-ring (bicyclic) bond motifs is 2. The lowest BCUT2D eigenvalue weighted by Gasteiger charge is -2.31. The van der Waals surface area contributed by atoms with Crippen LogP contribution in [0.3, 0.4) is 0 Å². The number of nitrogens with zero attached hydrogens (tertiary/aromatic N) is 1. The predicted molar refractivity (Wildman–Crippen MR) is 48.4 cm³/mol. The summed E-state index contributed by atoms with van der Waals surface area (Å²) in [5.41, 5.74) is 1.57. The Morgan fingerprint density at radius 1 is 1.38 bits per heavy atom.